The monoisotopic (exact) mass is 540 g/mol. The first-order valence-electron chi connectivity index (χ1n) is 13.8. The number of hydrogen-bond acceptors (Lipinski definition) is 6. The molecule has 7 heteroatoms. The summed E-state index contributed by atoms with van der Waals surface area (Å²) in [4.78, 5) is 24.0. The number of carbonyl (C=O) groups excluding carboxylic acids is 2. The Balaban J connectivity index is 1.35. The highest BCUT2D eigenvalue weighted by molar-refractivity contribution is 6.31. The van der Waals surface area contributed by atoms with E-state index < -0.39 is 30.3 Å². The molecule has 0 N–H and O–H groups in total. The van der Waals surface area contributed by atoms with Crippen molar-refractivity contribution in [3.05, 3.63) is 64.2 Å². The Labute approximate surface area is 229 Å². The van der Waals surface area contributed by atoms with E-state index in [1.807, 2.05) is 44.2 Å². The Hall–Kier alpha value is -2.57. The van der Waals surface area contributed by atoms with Gasteiger partial charge in [0.2, 0.25) is 0 Å². The number of esters is 2. The van der Waals surface area contributed by atoms with Crippen LogP contribution in [0, 0.1) is 17.8 Å². The Kier molecular flexibility index (Phi) is 8.01. The summed E-state index contributed by atoms with van der Waals surface area (Å²) in [6, 6.07) is 14.0. The molecule has 0 radical (unpaired) electrons. The first-order valence-corrected chi connectivity index (χ1v) is 14.1. The molecule has 204 valence electrons. The van der Waals surface area contributed by atoms with Crippen LogP contribution >= 0.6 is 11.6 Å². The summed E-state index contributed by atoms with van der Waals surface area (Å²) >= 11 is 6.62. The van der Waals surface area contributed by atoms with E-state index in [4.69, 9.17) is 30.5 Å². The minimum Gasteiger partial charge on any atom is -0.490 e. The largest absolute Gasteiger partial charge is 0.490 e. The molecule has 2 saturated carbocycles. The van der Waals surface area contributed by atoms with Crippen molar-refractivity contribution >= 4 is 23.5 Å². The zero-order valence-corrected chi connectivity index (χ0v) is 23.3. The molecule has 1 heterocycles. The van der Waals surface area contributed by atoms with Crippen LogP contribution < -0.4 is 4.74 Å². The maximum atomic E-state index is 12.0. The summed E-state index contributed by atoms with van der Waals surface area (Å²) in [6.07, 6.45) is 3.34. The van der Waals surface area contributed by atoms with Gasteiger partial charge in [-0.25, -0.2) is 0 Å². The van der Waals surface area contributed by atoms with Crippen LogP contribution in [0.25, 0.3) is 0 Å². The fourth-order valence-corrected chi connectivity index (χ4v) is 6.44. The van der Waals surface area contributed by atoms with Gasteiger partial charge in [0.05, 0.1) is 12.2 Å². The summed E-state index contributed by atoms with van der Waals surface area (Å²) in [6.45, 7) is 6.72. The van der Waals surface area contributed by atoms with Crippen LogP contribution in [-0.4, -0.2) is 36.4 Å². The second-order valence-electron chi connectivity index (χ2n) is 11.1. The van der Waals surface area contributed by atoms with Crippen LogP contribution in [0.5, 0.6) is 5.75 Å². The molecule has 38 heavy (non-hydrogen) atoms. The number of carbonyl (C=O) groups is 2. The highest BCUT2D eigenvalue weighted by Crippen LogP contribution is 2.52. The molecule has 0 bridgehead atoms. The first-order chi connectivity index (χ1) is 18.2. The molecule has 3 aliphatic rings. The van der Waals surface area contributed by atoms with E-state index in [1.54, 1.807) is 0 Å². The van der Waals surface area contributed by atoms with Crippen molar-refractivity contribution < 1.29 is 28.5 Å². The lowest BCUT2D eigenvalue weighted by atomic mass is 9.84. The molecule has 0 amide bonds. The molecular weight excluding hydrogens is 504 g/mol. The predicted molar refractivity (Wildman–Crippen MR) is 144 cm³/mol. The van der Waals surface area contributed by atoms with E-state index in [0.29, 0.717) is 17.5 Å². The molecule has 1 aliphatic heterocycles. The molecule has 2 aromatic rings. The van der Waals surface area contributed by atoms with Crippen molar-refractivity contribution in [3.63, 3.8) is 0 Å². The molecular formula is C31H37ClO6. The highest BCUT2D eigenvalue weighted by Gasteiger charge is 2.48. The van der Waals surface area contributed by atoms with Gasteiger partial charge in [0.15, 0.2) is 6.10 Å². The maximum Gasteiger partial charge on any atom is 0.303 e. The molecule has 1 saturated heterocycles. The van der Waals surface area contributed by atoms with E-state index in [1.165, 1.54) is 33.1 Å². The molecule has 0 spiro atoms. The van der Waals surface area contributed by atoms with Gasteiger partial charge in [0.1, 0.15) is 18.0 Å². The topological polar surface area (TPSA) is 71.1 Å². The fourth-order valence-electron chi connectivity index (χ4n) is 6.26. The zero-order valence-electron chi connectivity index (χ0n) is 22.5. The van der Waals surface area contributed by atoms with Gasteiger partial charge in [0, 0.05) is 24.8 Å². The number of fused-ring (bicyclic) bond motifs is 1. The van der Waals surface area contributed by atoms with Crippen molar-refractivity contribution in [1.29, 1.82) is 0 Å². The minimum absolute atomic E-state index is 0.132. The van der Waals surface area contributed by atoms with Crippen LogP contribution in [0.1, 0.15) is 76.2 Å². The quantitative estimate of drug-likeness (QED) is 0.358. The van der Waals surface area contributed by atoms with Crippen molar-refractivity contribution in [3.8, 4) is 5.75 Å². The number of hydrogen-bond donors (Lipinski definition) is 0. The van der Waals surface area contributed by atoms with Gasteiger partial charge in [-0.1, -0.05) is 49.7 Å². The molecule has 3 fully saturated rings. The lowest BCUT2D eigenvalue weighted by Crippen LogP contribution is -2.52. The second-order valence-corrected chi connectivity index (χ2v) is 11.6. The molecule has 8 atom stereocenters. The van der Waals surface area contributed by atoms with Crippen LogP contribution in [0.2, 0.25) is 5.02 Å². The molecule has 6 nitrogen and oxygen atoms in total. The number of ether oxygens (including phenoxy) is 4. The molecule has 5 rings (SSSR count). The lowest BCUT2D eigenvalue weighted by Gasteiger charge is -2.44. The van der Waals surface area contributed by atoms with E-state index in [2.05, 4.69) is 12.1 Å². The van der Waals surface area contributed by atoms with E-state index in [0.717, 1.165) is 40.7 Å². The Bertz CT molecular complexity index is 1150. The third kappa shape index (κ3) is 6.02. The summed E-state index contributed by atoms with van der Waals surface area (Å²) < 4.78 is 24.1. The van der Waals surface area contributed by atoms with Crippen molar-refractivity contribution in [1.82, 2.24) is 0 Å². The Morgan fingerprint density at radius 3 is 2.24 bits per heavy atom. The number of halogens is 1. The van der Waals surface area contributed by atoms with Crippen LogP contribution in [0.3, 0.4) is 0 Å². The number of benzene rings is 2. The van der Waals surface area contributed by atoms with Gasteiger partial charge in [0.25, 0.3) is 0 Å². The molecule has 0 aromatic heterocycles. The van der Waals surface area contributed by atoms with Crippen molar-refractivity contribution in [2.75, 3.05) is 0 Å². The Morgan fingerprint density at radius 1 is 0.947 bits per heavy atom. The standard InChI is InChI=1S/C31H37ClO6/c1-5-28-17(2)29(35-18(3)33)31(36-19(4)34)30(38-28)21-8-11-27(32)24(13-21)12-20-6-9-25(10-7-20)37-26-15-22-14-23(22)16-26/h6-11,13,17,22-23,26,28-31H,5,12,14-16H2,1-4H3/t17-,22-,23+,26-,28-,29+,30+,31-/m1/s1. The fraction of sp³-hybridized carbons (Fsp3) is 0.548. The van der Waals surface area contributed by atoms with Gasteiger partial charge in [-0.2, -0.15) is 0 Å². The third-order valence-corrected chi connectivity index (χ3v) is 8.64. The van der Waals surface area contributed by atoms with Gasteiger partial charge in [-0.15, -0.1) is 0 Å². The average Bonchev–Trinajstić information content (AvgIpc) is 3.49. The van der Waals surface area contributed by atoms with Crippen LogP contribution in [0.15, 0.2) is 42.5 Å². The van der Waals surface area contributed by atoms with Gasteiger partial charge >= 0.3 is 11.9 Å². The predicted octanol–water partition coefficient (Wildman–Crippen LogP) is 6.46. The Morgan fingerprint density at radius 2 is 1.61 bits per heavy atom. The minimum atomic E-state index is -0.763. The summed E-state index contributed by atoms with van der Waals surface area (Å²) in [5.74, 6) is 1.70. The van der Waals surface area contributed by atoms with Crippen LogP contribution in [0.4, 0.5) is 0 Å². The van der Waals surface area contributed by atoms with Gasteiger partial charge in [-0.3, -0.25) is 9.59 Å². The van der Waals surface area contributed by atoms with Gasteiger partial charge in [-0.05, 0) is 78.8 Å². The van der Waals surface area contributed by atoms with Crippen LogP contribution in [-0.2, 0) is 30.2 Å². The zero-order chi connectivity index (χ0) is 27.0. The normalized spacial score (nSPS) is 31.8. The third-order valence-electron chi connectivity index (χ3n) is 8.27. The van der Waals surface area contributed by atoms with E-state index in [9.17, 15) is 9.59 Å². The second kappa shape index (κ2) is 11.3. The number of rotatable bonds is 8. The van der Waals surface area contributed by atoms with Crippen molar-refractivity contribution in [2.45, 2.75) is 90.3 Å². The molecule has 0 unspecified atom stereocenters. The molecule has 2 aromatic carbocycles. The SMILES string of the molecule is CC[C@H]1O[C@@H](c2ccc(Cl)c(Cc3ccc(O[C@H]4C[C@@H]5C[C@@H]5C4)cc3)c2)[C@H](OC(C)=O)[C@@H](OC(C)=O)[C@@H]1C. The highest BCUT2D eigenvalue weighted by atomic mass is 35.5. The summed E-state index contributed by atoms with van der Waals surface area (Å²) in [5.41, 5.74) is 2.89. The average molecular weight is 541 g/mol. The first kappa shape index (κ1) is 27.0. The lowest BCUT2D eigenvalue weighted by molar-refractivity contribution is -0.225. The van der Waals surface area contributed by atoms with E-state index in [-0.39, 0.29) is 12.0 Å². The van der Waals surface area contributed by atoms with Gasteiger partial charge < -0.3 is 18.9 Å². The van der Waals surface area contributed by atoms with E-state index >= 15 is 0 Å². The summed E-state index contributed by atoms with van der Waals surface area (Å²) in [7, 11) is 0. The smallest absolute Gasteiger partial charge is 0.303 e. The van der Waals surface area contributed by atoms with Crippen molar-refractivity contribution in [2.24, 2.45) is 17.8 Å². The molecule has 2 aliphatic carbocycles. The maximum absolute atomic E-state index is 12.0. The summed E-state index contributed by atoms with van der Waals surface area (Å²) in [5, 5.41) is 0.649.